The molecule has 24 heavy (non-hydrogen) atoms. The Balaban J connectivity index is 1.74. The maximum atomic E-state index is 12.6. The predicted molar refractivity (Wildman–Crippen MR) is 91.3 cm³/mol. The average Bonchev–Trinajstić information content (AvgIpc) is 3.00. The van der Waals surface area contributed by atoms with E-state index >= 15 is 0 Å². The van der Waals surface area contributed by atoms with E-state index in [9.17, 15) is 18.3 Å². The third kappa shape index (κ3) is 3.66. The maximum Gasteiger partial charge on any atom is 0.322 e. The van der Waals surface area contributed by atoms with Gasteiger partial charge >= 0.3 is 5.97 Å². The summed E-state index contributed by atoms with van der Waals surface area (Å²) in [6, 6.07) is 15.5. The summed E-state index contributed by atoms with van der Waals surface area (Å²) < 4.78 is 27.7. The SMILES string of the molecule is O=C(O)[C@H](Cc1ccccc1)NS(=O)(=O)C1Cc2ccccc2C1. The summed E-state index contributed by atoms with van der Waals surface area (Å²) in [7, 11) is -3.72. The smallest absolute Gasteiger partial charge is 0.322 e. The molecule has 0 bridgehead atoms. The van der Waals surface area contributed by atoms with Gasteiger partial charge in [0.05, 0.1) is 5.25 Å². The zero-order chi connectivity index (χ0) is 17.2. The van der Waals surface area contributed by atoms with Gasteiger partial charge in [-0.2, -0.15) is 0 Å². The lowest BCUT2D eigenvalue weighted by Gasteiger charge is -2.18. The fraction of sp³-hybridized carbons (Fsp3) is 0.278. The van der Waals surface area contributed by atoms with Gasteiger partial charge < -0.3 is 5.11 Å². The Morgan fingerprint density at radius 1 is 1.04 bits per heavy atom. The van der Waals surface area contributed by atoms with Gasteiger partial charge in [0, 0.05) is 0 Å². The number of rotatable bonds is 6. The summed E-state index contributed by atoms with van der Waals surface area (Å²) in [5.41, 5.74) is 2.81. The number of aliphatic carboxylic acids is 1. The van der Waals surface area contributed by atoms with Gasteiger partial charge in [-0.3, -0.25) is 4.79 Å². The Labute approximate surface area is 141 Å². The molecule has 0 aromatic heterocycles. The number of hydrogen-bond donors (Lipinski definition) is 2. The van der Waals surface area contributed by atoms with Crippen LogP contribution in [-0.2, 0) is 34.1 Å². The first-order chi connectivity index (χ1) is 11.5. The third-order valence-corrected chi connectivity index (χ3v) is 6.16. The Kier molecular flexibility index (Phi) is 4.69. The Morgan fingerprint density at radius 2 is 1.58 bits per heavy atom. The molecule has 0 spiro atoms. The van der Waals surface area contributed by atoms with E-state index in [0.29, 0.717) is 12.8 Å². The van der Waals surface area contributed by atoms with Gasteiger partial charge in [-0.1, -0.05) is 54.6 Å². The van der Waals surface area contributed by atoms with E-state index in [4.69, 9.17) is 0 Å². The number of hydrogen-bond acceptors (Lipinski definition) is 3. The lowest BCUT2D eigenvalue weighted by atomic mass is 10.1. The second-order valence-electron chi connectivity index (χ2n) is 6.04. The molecule has 2 N–H and O–H groups in total. The van der Waals surface area contributed by atoms with Crippen molar-refractivity contribution in [1.82, 2.24) is 4.72 Å². The average molecular weight is 345 g/mol. The standard InChI is InChI=1S/C18H19NO4S/c20-18(21)17(10-13-6-2-1-3-7-13)19-24(22,23)16-11-14-8-4-5-9-15(14)12-16/h1-9,16-17,19H,10-12H2,(H,20,21)/t17-/m0/s1. The highest BCUT2D eigenvalue weighted by Crippen LogP contribution is 2.26. The van der Waals surface area contributed by atoms with Crippen molar-refractivity contribution in [3.8, 4) is 0 Å². The molecular weight excluding hydrogens is 326 g/mol. The summed E-state index contributed by atoms with van der Waals surface area (Å²) in [4.78, 5) is 11.5. The third-order valence-electron chi connectivity index (χ3n) is 4.34. The number of carbonyl (C=O) groups is 1. The molecule has 5 nitrogen and oxygen atoms in total. The molecule has 0 radical (unpaired) electrons. The molecule has 0 aliphatic heterocycles. The molecule has 1 aliphatic carbocycles. The molecule has 1 aliphatic rings. The van der Waals surface area contributed by atoms with E-state index in [-0.39, 0.29) is 6.42 Å². The normalized spacial score (nSPS) is 15.8. The van der Waals surface area contributed by atoms with Crippen molar-refractivity contribution >= 4 is 16.0 Å². The van der Waals surface area contributed by atoms with Gasteiger partial charge in [0.1, 0.15) is 6.04 Å². The molecule has 0 heterocycles. The molecule has 0 fully saturated rings. The minimum absolute atomic E-state index is 0.120. The quantitative estimate of drug-likeness (QED) is 0.836. The Hall–Kier alpha value is -2.18. The highest BCUT2D eigenvalue weighted by atomic mass is 32.2. The molecule has 2 aromatic carbocycles. The van der Waals surface area contributed by atoms with Crippen LogP contribution in [0.5, 0.6) is 0 Å². The number of fused-ring (bicyclic) bond motifs is 1. The fourth-order valence-electron chi connectivity index (χ4n) is 3.06. The highest BCUT2D eigenvalue weighted by Gasteiger charge is 2.35. The summed E-state index contributed by atoms with van der Waals surface area (Å²) >= 11 is 0. The number of carboxylic acid groups (broad SMARTS) is 1. The monoisotopic (exact) mass is 345 g/mol. The van der Waals surface area contributed by atoms with Crippen LogP contribution in [-0.4, -0.2) is 30.8 Å². The second kappa shape index (κ2) is 6.75. The number of carboxylic acids is 1. The van der Waals surface area contributed by atoms with Crippen LogP contribution in [0.15, 0.2) is 54.6 Å². The van der Waals surface area contributed by atoms with Crippen molar-refractivity contribution in [3.05, 3.63) is 71.3 Å². The first-order valence-electron chi connectivity index (χ1n) is 7.80. The van der Waals surface area contributed by atoms with Crippen LogP contribution >= 0.6 is 0 Å². The molecule has 0 amide bonds. The van der Waals surface area contributed by atoms with Crippen molar-refractivity contribution in [1.29, 1.82) is 0 Å². The van der Waals surface area contributed by atoms with Gasteiger partial charge in [0.25, 0.3) is 0 Å². The first-order valence-corrected chi connectivity index (χ1v) is 9.35. The lowest BCUT2D eigenvalue weighted by molar-refractivity contribution is -0.138. The van der Waals surface area contributed by atoms with Crippen molar-refractivity contribution in [3.63, 3.8) is 0 Å². The van der Waals surface area contributed by atoms with E-state index < -0.39 is 27.3 Å². The van der Waals surface area contributed by atoms with E-state index in [1.165, 1.54) is 0 Å². The van der Waals surface area contributed by atoms with Gasteiger partial charge in [-0.25, -0.2) is 13.1 Å². The molecule has 0 saturated carbocycles. The topological polar surface area (TPSA) is 83.5 Å². The van der Waals surface area contributed by atoms with Gasteiger partial charge in [-0.05, 0) is 36.0 Å². The van der Waals surface area contributed by atoms with Crippen LogP contribution in [0.3, 0.4) is 0 Å². The van der Waals surface area contributed by atoms with Crippen molar-refractivity contribution < 1.29 is 18.3 Å². The minimum Gasteiger partial charge on any atom is -0.480 e. The lowest BCUT2D eigenvalue weighted by Crippen LogP contribution is -2.46. The summed E-state index contributed by atoms with van der Waals surface area (Å²) in [5, 5.41) is 8.77. The van der Waals surface area contributed by atoms with E-state index in [1.54, 1.807) is 24.3 Å². The van der Waals surface area contributed by atoms with Gasteiger partial charge in [0.15, 0.2) is 0 Å². The van der Waals surface area contributed by atoms with Crippen LogP contribution in [0.2, 0.25) is 0 Å². The molecule has 0 saturated heterocycles. The Morgan fingerprint density at radius 3 is 2.12 bits per heavy atom. The van der Waals surface area contributed by atoms with E-state index in [0.717, 1.165) is 16.7 Å². The summed E-state index contributed by atoms with van der Waals surface area (Å²) in [6.45, 7) is 0. The van der Waals surface area contributed by atoms with Crippen molar-refractivity contribution in [2.24, 2.45) is 0 Å². The molecule has 6 heteroatoms. The molecule has 3 rings (SSSR count). The largest absolute Gasteiger partial charge is 0.480 e. The molecule has 2 aromatic rings. The van der Waals surface area contributed by atoms with Crippen molar-refractivity contribution in [2.45, 2.75) is 30.6 Å². The molecular formula is C18H19NO4S. The highest BCUT2D eigenvalue weighted by molar-refractivity contribution is 7.90. The number of sulfonamides is 1. The van der Waals surface area contributed by atoms with Crippen LogP contribution in [0.4, 0.5) is 0 Å². The van der Waals surface area contributed by atoms with Crippen LogP contribution in [0.1, 0.15) is 16.7 Å². The van der Waals surface area contributed by atoms with Crippen LogP contribution in [0.25, 0.3) is 0 Å². The Bertz CT molecular complexity index is 808. The predicted octanol–water partition coefficient (Wildman–Crippen LogP) is 1.77. The van der Waals surface area contributed by atoms with E-state index in [2.05, 4.69) is 4.72 Å². The van der Waals surface area contributed by atoms with E-state index in [1.807, 2.05) is 30.3 Å². The van der Waals surface area contributed by atoms with Gasteiger partial charge in [0.2, 0.25) is 10.0 Å². The summed E-state index contributed by atoms with van der Waals surface area (Å²) in [6.07, 6.45) is 0.960. The zero-order valence-electron chi connectivity index (χ0n) is 13.1. The number of nitrogens with one attached hydrogen (secondary N) is 1. The molecule has 1 atom stereocenters. The molecule has 126 valence electrons. The van der Waals surface area contributed by atoms with Gasteiger partial charge in [-0.15, -0.1) is 0 Å². The fourth-order valence-corrected chi connectivity index (χ4v) is 4.63. The molecule has 0 unspecified atom stereocenters. The first kappa shape index (κ1) is 16.7. The summed E-state index contributed by atoms with van der Waals surface area (Å²) in [5.74, 6) is -1.17. The minimum atomic E-state index is -3.72. The second-order valence-corrected chi connectivity index (χ2v) is 8.03. The van der Waals surface area contributed by atoms with Crippen molar-refractivity contribution in [2.75, 3.05) is 0 Å². The van der Waals surface area contributed by atoms with Crippen LogP contribution < -0.4 is 4.72 Å². The van der Waals surface area contributed by atoms with Crippen LogP contribution in [0, 0.1) is 0 Å². The number of benzene rings is 2. The zero-order valence-corrected chi connectivity index (χ0v) is 13.9. The maximum absolute atomic E-state index is 12.6.